The van der Waals surface area contributed by atoms with E-state index in [1.165, 1.54) is 6.42 Å². The molecule has 1 aliphatic rings. The van der Waals surface area contributed by atoms with E-state index in [4.69, 9.17) is 4.42 Å². The largest absolute Gasteiger partial charge is 0.466 e. The van der Waals surface area contributed by atoms with Gasteiger partial charge in [0.1, 0.15) is 11.5 Å². The lowest BCUT2D eigenvalue weighted by Crippen LogP contribution is -2.28. The Balaban J connectivity index is 1.49. The summed E-state index contributed by atoms with van der Waals surface area (Å²) in [5.41, 5.74) is 2.19. The van der Waals surface area contributed by atoms with Crippen molar-refractivity contribution in [1.82, 2.24) is 10.3 Å². The van der Waals surface area contributed by atoms with Crippen LogP contribution in [0, 0.1) is 19.8 Å². The first-order chi connectivity index (χ1) is 11.4. The lowest BCUT2D eigenvalue weighted by atomic mass is 10.1. The molecule has 0 saturated heterocycles. The molecular formula is C19H24N2O3. The molecule has 24 heavy (non-hydrogen) atoms. The van der Waals surface area contributed by atoms with Crippen molar-refractivity contribution in [1.29, 1.82) is 0 Å². The monoisotopic (exact) mass is 328 g/mol. The predicted octanol–water partition coefficient (Wildman–Crippen LogP) is 2.96. The van der Waals surface area contributed by atoms with Crippen molar-refractivity contribution in [2.75, 3.05) is 0 Å². The Bertz CT molecular complexity index is 803. The maximum absolute atomic E-state index is 12.0. The van der Waals surface area contributed by atoms with Gasteiger partial charge in [-0.3, -0.25) is 9.59 Å². The summed E-state index contributed by atoms with van der Waals surface area (Å²) in [5, 5.41) is 2.82. The lowest BCUT2D eigenvalue weighted by molar-refractivity contribution is -0.121. The molecule has 0 radical (unpaired) electrons. The highest BCUT2D eigenvalue weighted by atomic mass is 16.3. The summed E-state index contributed by atoms with van der Waals surface area (Å²) in [6.45, 7) is 6.20. The molecule has 1 saturated carbocycles. The van der Waals surface area contributed by atoms with Gasteiger partial charge in [-0.05, 0) is 49.9 Å². The second kappa shape index (κ2) is 6.67. The molecule has 1 amide bonds. The van der Waals surface area contributed by atoms with Crippen molar-refractivity contribution in [3.05, 3.63) is 56.9 Å². The number of aryl methyl sites for hydroxylation is 3. The summed E-state index contributed by atoms with van der Waals surface area (Å²) in [4.78, 5) is 26.7. The lowest BCUT2D eigenvalue weighted by Gasteiger charge is -2.07. The average Bonchev–Trinajstić information content (AvgIpc) is 3.06. The van der Waals surface area contributed by atoms with E-state index >= 15 is 0 Å². The molecule has 0 unspecified atom stereocenters. The zero-order valence-corrected chi connectivity index (χ0v) is 14.4. The topological polar surface area (TPSA) is 75.1 Å². The van der Waals surface area contributed by atoms with Gasteiger partial charge in [0.2, 0.25) is 5.91 Å². The molecule has 1 fully saturated rings. The Hall–Kier alpha value is -2.30. The highest BCUT2D eigenvalue weighted by Gasteiger charge is 2.36. The normalized spacial score (nSPS) is 19.3. The molecule has 0 spiro atoms. The van der Waals surface area contributed by atoms with E-state index in [1.54, 1.807) is 0 Å². The van der Waals surface area contributed by atoms with E-state index in [0.29, 0.717) is 30.2 Å². The van der Waals surface area contributed by atoms with Gasteiger partial charge in [-0.1, -0.05) is 6.92 Å². The van der Waals surface area contributed by atoms with E-state index in [9.17, 15) is 9.59 Å². The van der Waals surface area contributed by atoms with Crippen LogP contribution in [0.15, 0.2) is 27.4 Å². The summed E-state index contributed by atoms with van der Waals surface area (Å²) >= 11 is 0. The molecule has 2 aromatic rings. The number of rotatable bonds is 6. The van der Waals surface area contributed by atoms with Crippen LogP contribution in [0.5, 0.6) is 0 Å². The molecule has 2 N–H and O–H groups in total. The van der Waals surface area contributed by atoms with Gasteiger partial charge in [0.25, 0.3) is 5.56 Å². The predicted molar refractivity (Wildman–Crippen MR) is 91.9 cm³/mol. The first-order valence-corrected chi connectivity index (χ1v) is 8.48. The van der Waals surface area contributed by atoms with Crippen LogP contribution in [0.2, 0.25) is 0 Å². The van der Waals surface area contributed by atoms with Gasteiger partial charge in [0, 0.05) is 36.6 Å². The number of hydrogen-bond acceptors (Lipinski definition) is 3. The highest BCUT2D eigenvalue weighted by molar-refractivity contribution is 5.76. The summed E-state index contributed by atoms with van der Waals surface area (Å²) in [7, 11) is 0. The SMILES string of the molecule is Cc1cc(C)c(CNC(=O)CCc2ccc([C@H]3C[C@H]3C)o2)c(=O)[nH]1. The maximum atomic E-state index is 12.0. The Morgan fingerprint density at radius 2 is 2.12 bits per heavy atom. The summed E-state index contributed by atoms with van der Waals surface area (Å²) < 4.78 is 5.81. The fourth-order valence-corrected chi connectivity index (χ4v) is 3.06. The van der Waals surface area contributed by atoms with Gasteiger partial charge in [-0.2, -0.15) is 0 Å². The third kappa shape index (κ3) is 3.78. The minimum absolute atomic E-state index is 0.0767. The average molecular weight is 328 g/mol. The molecule has 0 bridgehead atoms. The summed E-state index contributed by atoms with van der Waals surface area (Å²) in [5.74, 6) is 3.09. The van der Waals surface area contributed by atoms with Crippen LogP contribution in [-0.4, -0.2) is 10.9 Å². The number of aromatic nitrogens is 1. The van der Waals surface area contributed by atoms with Crippen molar-refractivity contribution in [2.45, 2.75) is 52.5 Å². The quantitative estimate of drug-likeness (QED) is 0.856. The van der Waals surface area contributed by atoms with Gasteiger partial charge in [0.05, 0.1) is 0 Å². The van der Waals surface area contributed by atoms with Gasteiger partial charge in [-0.15, -0.1) is 0 Å². The Morgan fingerprint density at radius 3 is 2.79 bits per heavy atom. The minimum atomic E-state index is -0.137. The zero-order chi connectivity index (χ0) is 17.3. The van der Waals surface area contributed by atoms with Crippen LogP contribution in [-0.2, 0) is 17.8 Å². The van der Waals surface area contributed by atoms with Crippen molar-refractivity contribution < 1.29 is 9.21 Å². The molecule has 2 aromatic heterocycles. The molecule has 2 atom stereocenters. The summed E-state index contributed by atoms with van der Waals surface area (Å²) in [6, 6.07) is 5.89. The van der Waals surface area contributed by atoms with E-state index < -0.39 is 0 Å². The van der Waals surface area contributed by atoms with E-state index in [1.807, 2.05) is 32.0 Å². The van der Waals surface area contributed by atoms with Crippen molar-refractivity contribution >= 4 is 5.91 Å². The fraction of sp³-hybridized carbons (Fsp3) is 0.474. The van der Waals surface area contributed by atoms with Crippen LogP contribution in [0.4, 0.5) is 0 Å². The number of hydrogen-bond donors (Lipinski definition) is 2. The van der Waals surface area contributed by atoms with Crippen LogP contribution >= 0.6 is 0 Å². The number of carbonyl (C=O) groups excluding carboxylic acids is 1. The number of aromatic amines is 1. The molecule has 5 heteroatoms. The molecule has 0 aliphatic heterocycles. The molecule has 0 aromatic carbocycles. The molecule has 3 rings (SSSR count). The highest BCUT2D eigenvalue weighted by Crippen LogP contribution is 2.47. The van der Waals surface area contributed by atoms with Crippen molar-refractivity contribution in [2.24, 2.45) is 5.92 Å². The minimum Gasteiger partial charge on any atom is -0.466 e. The first-order valence-electron chi connectivity index (χ1n) is 8.48. The number of nitrogens with one attached hydrogen (secondary N) is 2. The molecule has 1 aliphatic carbocycles. The Morgan fingerprint density at radius 1 is 1.38 bits per heavy atom. The third-order valence-corrected chi connectivity index (χ3v) is 4.71. The van der Waals surface area contributed by atoms with E-state index in [-0.39, 0.29) is 18.0 Å². The molecule has 2 heterocycles. The van der Waals surface area contributed by atoms with Crippen LogP contribution < -0.4 is 10.9 Å². The molecule has 128 valence electrons. The zero-order valence-electron chi connectivity index (χ0n) is 14.4. The Kier molecular flexibility index (Phi) is 4.60. The number of carbonyl (C=O) groups is 1. The van der Waals surface area contributed by atoms with Crippen molar-refractivity contribution in [3.8, 4) is 0 Å². The van der Waals surface area contributed by atoms with Gasteiger partial charge in [-0.25, -0.2) is 0 Å². The number of furan rings is 1. The smallest absolute Gasteiger partial charge is 0.253 e. The maximum Gasteiger partial charge on any atom is 0.253 e. The van der Waals surface area contributed by atoms with Gasteiger partial charge >= 0.3 is 0 Å². The van der Waals surface area contributed by atoms with Crippen LogP contribution in [0.3, 0.4) is 0 Å². The Labute approximate surface area is 141 Å². The molecule has 5 nitrogen and oxygen atoms in total. The standard InChI is InChI=1S/C19H24N2O3/c1-11-8-13(3)21-19(23)16(11)10-20-18(22)7-5-14-4-6-17(24-14)15-9-12(15)2/h4,6,8,12,15H,5,7,9-10H2,1-3H3,(H,20,22)(H,21,23)/t12-,15+/m1/s1. The molecular weight excluding hydrogens is 304 g/mol. The summed E-state index contributed by atoms with van der Waals surface area (Å²) in [6.07, 6.45) is 2.13. The van der Waals surface area contributed by atoms with E-state index in [0.717, 1.165) is 22.8 Å². The van der Waals surface area contributed by atoms with E-state index in [2.05, 4.69) is 17.2 Å². The van der Waals surface area contributed by atoms with Crippen LogP contribution in [0.1, 0.15) is 54.0 Å². The number of pyridine rings is 1. The van der Waals surface area contributed by atoms with Crippen LogP contribution in [0.25, 0.3) is 0 Å². The number of H-pyrrole nitrogens is 1. The second-order valence-electron chi connectivity index (χ2n) is 6.84. The third-order valence-electron chi connectivity index (χ3n) is 4.71. The second-order valence-corrected chi connectivity index (χ2v) is 6.84. The van der Waals surface area contributed by atoms with Gasteiger partial charge in [0.15, 0.2) is 0 Å². The fourth-order valence-electron chi connectivity index (χ4n) is 3.06. The van der Waals surface area contributed by atoms with Gasteiger partial charge < -0.3 is 14.7 Å². The first kappa shape index (κ1) is 16.6. The van der Waals surface area contributed by atoms with Crippen molar-refractivity contribution in [3.63, 3.8) is 0 Å². The number of amides is 1.